The monoisotopic (exact) mass is 309 g/mol. The van der Waals surface area contributed by atoms with Crippen LogP contribution in [-0.4, -0.2) is 27.9 Å². The zero-order valence-electron chi connectivity index (χ0n) is 10.8. The quantitative estimate of drug-likeness (QED) is 0.862. The zero-order valence-corrected chi connectivity index (χ0v) is 12.4. The molecular formula is C13H16BrN3O. The minimum Gasteiger partial charge on any atom is -0.331 e. The van der Waals surface area contributed by atoms with Crippen LogP contribution in [0.1, 0.15) is 37.7 Å². The molecule has 0 unspecified atom stereocenters. The third-order valence-electron chi connectivity index (χ3n) is 2.46. The fourth-order valence-electron chi connectivity index (χ4n) is 1.57. The van der Waals surface area contributed by atoms with E-state index in [1.54, 1.807) is 23.2 Å². The summed E-state index contributed by atoms with van der Waals surface area (Å²) >= 11 is 3.33. The van der Waals surface area contributed by atoms with Crippen LogP contribution >= 0.6 is 15.9 Å². The molecule has 0 saturated carbocycles. The summed E-state index contributed by atoms with van der Waals surface area (Å²) in [7, 11) is 0. The largest absolute Gasteiger partial charge is 0.331 e. The molecule has 0 aromatic carbocycles. The SMILES string of the molecule is CC(C)(C)N(CCC#N)C(=O)c1ncccc1Br. The predicted octanol–water partition coefficient (Wildman–Crippen LogP) is 3.00. The van der Waals surface area contributed by atoms with E-state index >= 15 is 0 Å². The summed E-state index contributed by atoms with van der Waals surface area (Å²) in [5.41, 5.74) is 0.0376. The Morgan fingerprint density at radius 2 is 2.22 bits per heavy atom. The van der Waals surface area contributed by atoms with Gasteiger partial charge in [0.25, 0.3) is 5.91 Å². The van der Waals surface area contributed by atoms with E-state index in [0.717, 1.165) is 0 Å². The summed E-state index contributed by atoms with van der Waals surface area (Å²) in [6.45, 7) is 6.24. The maximum atomic E-state index is 12.4. The van der Waals surface area contributed by atoms with Gasteiger partial charge in [-0.25, -0.2) is 4.98 Å². The van der Waals surface area contributed by atoms with E-state index in [1.807, 2.05) is 20.8 Å². The van der Waals surface area contributed by atoms with E-state index in [1.165, 1.54) is 0 Å². The highest BCUT2D eigenvalue weighted by Crippen LogP contribution is 2.21. The van der Waals surface area contributed by atoms with Crippen LogP contribution in [0.4, 0.5) is 0 Å². The second kappa shape index (κ2) is 5.96. The van der Waals surface area contributed by atoms with Crippen LogP contribution in [0.2, 0.25) is 0 Å². The highest BCUT2D eigenvalue weighted by atomic mass is 79.9. The van der Waals surface area contributed by atoms with Gasteiger partial charge in [-0.3, -0.25) is 4.79 Å². The molecule has 18 heavy (non-hydrogen) atoms. The smallest absolute Gasteiger partial charge is 0.274 e. The van der Waals surface area contributed by atoms with Crippen LogP contribution in [0.25, 0.3) is 0 Å². The Morgan fingerprint density at radius 1 is 1.56 bits per heavy atom. The molecule has 96 valence electrons. The van der Waals surface area contributed by atoms with Crippen LogP contribution in [0.15, 0.2) is 22.8 Å². The molecule has 0 fully saturated rings. The van der Waals surface area contributed by atoms with E-state index in [9.17, 15) is 4.79 Å². The Balaban J connectivity index is 3.04. The van der Waals surface area contributed by atoms with Crippen LogP contribution in [0, 0.1) is 11.3 Å². The van der Waals surface area contributed by atoms with Gasteiger partial charge in [-0.2, -0.15) is 5.26 Å². The third kappa shape index (κ3) is 3.54. The number of hydrogen-bond donors (Lipinski definition) is 0. The molecule has 1 heterocycles. The maximum Gasteiger partial charge on any atom is 0.274 e. The highest BCUT2D eigenvalue weighted by Gasteiger charge is 2.28. The third-order valence-corrected chi connectivity index (χ3v) is 3.10. The van der Waals surface area contributed by atoms with Gasteiger partial charge < -0.3 is 4.90 Å². The molecule has 0 atom stereocenters. The van der Waals surface area contributed by atoms with Gasteiger partial charge in [-0.05, 0) is 48.8 Å². The van der Waals surface area contributed by atoms with Crippen molar-refractivity contribution in [2.24, 2.45) is 0 Å². The maximum absolute atomic E-state index is 12.4. The number of nitrogens with zero attached hydrogens (tertiary/aromatic N) is 3. The molecule has 0 aliphatic rings. The molecule has 4 nitrogen and oxygen atoms in total. The first-order chi connectivity index (χ1) is 8.38. The number of nitriles is 1. The van der Waals surface area contributed by atoms with Crippen molar-refractivity contribution in [3.63, 3.8) is 0 Å². The highest BCUT2D eigenvalue weighted by molar-refractivity contribution is 9.10. The van der Waals surface area contributed by atoms with Crippen molar-refractivity contribution in [3.05, 3.63) is 28.5 Å². The zero-order chi connectivity index (χ0) is 13.8. The van der Waals surface area contributed by atoms with Crippen molar-refractivity contribution in [2.75, 3.05) is 6.54 Å². The molecule has 5 heteroatoms. The fourth-order valence-corrected chi connectivity index (χ4v) is 2.00. The van der Waals surface area contributed by atoms with E-state index in [-0.39, 0.29) is 11.4 Å². The summed E-state index contributed by atoms with van der Waals surface area (Å²) in [6, 6.07) is 5.61. The lowest BCUT2D eigenvalue weighted by molar-refractivity contribution is 0.0582. The van der Waals surface area contributed by atoms with Crippen molar-refractivity contribution >= 4 is 21.8 Å². The molecule has 0 saturated heterocycles. The number of hydrogen-bond acceptors (Lipinski definition) is 3. The summed E-state index contributed by atoms with van der Waals surface area (Å²) in [6.07, 6.45) is 1.90. The van der Waals surface area contributed by atoms with Gasteiger partial charge in [-0.1, -0.05) is 0 Å². The van der Waals surface area contributed by atoms with E-state index in [4.69, 9.17) is 5.26 Å². The summed E-state index contributed by atoms with van der Waals surface area (Å²) < 4.78 is 0.668. The first-order valence-electron chi connectivity index (χ1n) is 5.67. The minimum atomic E-state index is -0.342. The van der Waals surface area contributed by atoms with Crippen LogP contribution in [0.3, 0.4) is 0 Å². The molecule has 1 aromatic heterocycles. The Bertz CT molecular complexity index is 474. The van der Waals surface area contributed by atoms with Gasteiger partial charge in [-0.15, -0.1) is 0 Å². The standard InChI is InChI=1S/C13H16BrN3O/c1-13(2,3)17(9-5-7-15)12(18)11-10(14)6-4-8-16-11/h4,6,8H,5,9H2,1-3H3. The number of aromatic nitrogens is 1. The van der Waals surface area contributed by atoms with Crippen LogP contribution in [0.5, 0.6) is 0 Å². The number of carbonyl (C=O) groups is 1. The van der Waals surface area contributed by atoms with Crippen molar-refractivity contribution in [3.8, 4) is 6.07 Å². The summed E-state index contributed by atoms with van der Waals surface area (Å²) in [4.78, 5) is 18.2. The van der Waals surface area contributed by atoms with Gasteiger partial charge in [0.05, 0.1) is 12.5 Å². The number of carbonyl (C=O) groups excluding carboxylic acids is 1. The molecular weight excluding hydrogens is 294 g/mol. The van der Waals surface area contributed by atoms with Crippen molar-refractivity contribution < 1.29 is 4.79 Å². The number of halogens is 1. The van der Waals surface area contributed by atoms with Gasteiger partial charge in [0.2, 0.25) is 0 Å². The summed E-state index contributed by atoms with van der Waals surface area (Å²) in [5, 5.41) is 8.67. The molecule has 0 bridgehead atoms. The second-order valence-corrected chi connectivity index (χ2v) is 5.72. The number of rotatable bonds is 3. The Kier molecular flexibility index (Phi) is 4.85. The summed E-state index contributed by atoms with van der Waals surface area (Å²) in [5.74, 6) is -0.162. The molecule has 1 amide bonds. The average molecular weight is 310 g/mol. The number of amides is 1. The minimum absolute atomic E-state index is 0.162. The molecule has 0 aliphatic carbocycles. The van der Waals surface area contributed by atoms with E-state index < -0.39 is 0 Å². The molecule has 0 radical (unpaired) electrons. The average Bonchev–Trinajstić information content (AvgIpc) is 2.28. The van der Waals surface area contributed by atoms with Crippen molar-refractivity contribution in [2.45, 2.75) is 32.7 Å². The number of pyridine rings is 1. The van der Waals surface area contributed by atoms with Crippen LogP contribution < -0.4 is 0 Å². The first kappa shape index (κ1) is 14.7. The molecule has 0 spiro atoms. The lowest BCUT2D eigenvalue weighted by Crippen LogP contribution is -2.46. The van der Waals surface area contributed by atoms with E-state index in [0.29, 0.717) is 23.1 Å². The molecule has 0 N–H and O–H groups in total. The second-order valence-electron chi connectivity index (χ2n) is 4.87. The Hall–Kier alpha value is -1.41. The molecule has 1 aromatic rings. The van der Waals surface area contributed by atoms with Gasteiger partial charge >= 0.3 is 0 Å². The molecule has 1 rings (SSSR count). The fraction of sp³-hybridized carbons (Fsp3) is 0.462. The van der Waals surface area contributed by atoms with Gasteiger partial charge in [0.1, 0.15) is 5.69 Å². The predicted molar refractivity (Wildman–Crippen MR) is 73.0 cm³/mol. The first-order valence-corrected chi connectivity index (χ1v) is 6.46. The van der Waals surface area contributed by atoms with Gasteiger partial charge in [0, 0.05) is 22.8 Å². The normalized spacial score (nSPS) is 10.8. The van der Waals surface area contributed by atoms with Crippen molar-refractivity contribution in [1.29, 1.82) is 5.26 Å². The van der Waals surface area contributed by atoms with E-state index in [2.05, 4.69) is 27.0 Å². The van der Waals surface area contributed by atoms with Gasteiger partial charge in [0.15, 0.2) is 0 Å². The van der Waals surface area contributed by atoms with Crippen LogP contribution in [-0.2, 0) is 0 Å². The van der Waals surface area contributed by atoms with Crippen molar-refractivity contribution in [1.82, 2.24) is 9.88 Å². The Morgan fingerprint density at radius 3 is 2.72 bits per heavy atom. The molecule has 0 aliphatic heterocycles. The lowest BCUT2D eigenvalue weighted by atomic mass is 10.0. The lowest BCUT2D eigenvalue weighted by Gasteiger charge is -2.35. The Labute approximate surface area is 116 Å². The topological polar surface area (TPSA) is 57.0 Å².